The quantitative estimate of drug-likeness (QED) is 0.791. The van der Waals surface area contributed by atoms with Gasteiger partial charge in [0.2, 0.25) is 6.79 Å². The van der Waals surface area contributed by atoms with E-state index in [-0.39, 0.29) is 25.2 Å². The third-order valence-corrected chi connectivity index (χ3v) is 5.39. The summed E-state index contributed by atoms with van der Waals surface area (Å²) < 4.78 is 18.1. The molecule has 1 aromatic carbocycles. The molecule has 2 heterocycles. The molecule has 7 nitrogen and oxygen atoms in total. The van der Waals surface area contributed by atoms with E-state index in [4.69, 9.17) is 14.2 Å². The fourth-order valence-electron chi connectivity index (χ4n) is 2.73. The molecule has 0 unspecified atom stereocenters. The number of carbonyl (C=O) groups excluding carboxylic acids is 2. The molecule has 4 rings (SSSR count). The molecule has 1 fully saturated rings. The predicted molar refractivity (Wildman–Crippen MR) is 85.9 cm³/mol. The van der Waals surface area contributed by atoms with Crippen LogP contribution in [0.3, 0.4) is 0 Å². The Hall–Kier alpha value is -2.35. The van der Waals surface area contributed by atoms with E-state index >= 15 is 0 Å². The average molecular weight is 348 g/mol. The number of ether oxygens (including phenoxy) is 3. The molecule has 2 aromatic rings. The standard InChI is InChI=1S/C16H16N2O5S/c1-21-14(19)7-18-10-5-11-12(23-8-22-11)6-13(10)24-16(18)17-15(20)9-3-2-4-9/h5-6,9H,2-4,7-8H2,1H3. The highest BCUT2D eigenvalue weighted by atomic mass is 32.1. The first-order valence-corrected chi connectivity index (χ1v) is 8.56. The topological polar surface area (TPSA) is 79.1 Å². The first kappa shape index (κ1) is 15.2. The number of nitrogens with zero attached hydrogens (tertiary/aromatic N) is 2. The average Bonchev–Trinajstić information content (AvgIpc) is 3.08. The van der Waals surface area contributed by atoms with E-state index in [9.17, 15) is 9.59 Å². The van der Waals surface area contributed by atoms with Crippen molar-refractivity contribution in [1.29, 1.82) is 0 Å². The normalized spacial score (nSPS) is 17.1. The Morgan fingerprint density at radius 3 is 2.75 bits per heavy atom. The summed E-state index contributed by atoms with van der Waals surface area (Å²) in [6, 6.07) is 3.66. The lowest BCUT2D eigenvalue weighted by Gasteiger charge is -2.20. The molecule has 1 aliphatic carbocycles. The number of methoxy groups -OCH3 is 1. The second-order valence-corrected chi connectivity index (χ2v) is 6.81. The van der Waals surface area contributed by atoms with E-state index in [1.54, 1.807) is 4.57 Å². The number of thiazole rings is 1. The number of amides is 1. The SMILES string of the molecule is COC(=O)Cn1c(=NC(=O)C2CCC2)sc2cc3c(cc21)OCO3. The molecule has 2 aliphatic rings. The number of rotatable bonds is 3. The van der Waals surface area contributed by atoms with Crippen LogP contribution in [0.1, 0.15) is 19.3 Å². The monoisotopic (exact) mass is 348 g/mol. The lowest BCUT2D eigenvalue weighted by atomic mass is 9.85. The molecular weight excluding hydrogens is 332 g/mol. The second kappa shape index (κ2) is 5.94. The molecule has 126 valence electrons. The summed E-state index contributed by atoms with van der Waals surface area (Å²) in [6.45, 7) is 0.175. The zero-order valence-corrected chi connectivity index (χ0v) is 13.9. The van der Waals surface area contributed by atoms with Gasteiger partial charge in [0.15, 0.2) is 16.3 Å². The number of hydrogen-bond donors (Lipinski definition) is 0. The maximum atomic E-state index is 12.2. The van der Waals surface area contributed by atoms with E-state index in [1.807, 2.05) is 12.1 Å². The van der Waals surface area contributed by atoms with Crippen molar-refractivity contribution in [2.45, 2.75) is 25.8 Å². The Balaban J connectivity index is 1.84. The van der Waals surface area contributed by atoms with Crippen LogP contribution < -0.4 is 14.3 Å². The van der Waals surface area contributed by atoms with Crippen LogP contribution in [0.15, 0.2) is 17.1 Å². The van der Waals surface area contributed by atoms with Crippen LogP contribution in [0.25, 0.3) is 10.2 Å². The van der Waals surface area contributed by atoms with Gasteiger partial charge in [-0.2, -0.15) is 4.99 Å². The molecule has 0 bridgehead atoms. The first-order chi connectivity index (χ1) is 11.7. The molecule has 0 spiro atoms. The number of fused-ring (bicyclic) bond motifs is 2. The Labute approximate surface area is 141 Å². The molecule has 1 saturated carbocycles. The van der Waals surface area contributed by atoms with Gasteiger partial charge in [-0.05, 0) is 12.8 Å². The van der Waals surface area contributed by atoms with E-state index in [0.29, 0.717) is 16.3 Å². The summed E-state index contributed by atoms with van der Waals surface area (Å²) in [5.41, 5.74) is 0.773. The van der Waals surface area contributed by atoms with Crippen molar-refractivity contribution >= 4 is 33.4 Å². The van der Waals surface area contributed by atoms with Crippen molar-refractivity contribution in [3.05, 3.63) is 16.9 Å². The molecule has 24 heavy (non-hydrogen) atoms. The third-order valence-electron chi connectivity index (χ3n) is 4.35. The zero-order chi connectivity index (χ0) is 16.7. The van der Waals surface area contributed by atoms with Gasteiger partial charge in [0, 0.05) is 18.1 Å². The predicted octanol–water partition coefficient (Wildman–Crippen LogP) is 1.83. The summed E-state index contributed by atoms with van der Waals surface area (Å²) in [5, 5.41) is 0. The largest absolute Gasteiger partial charge is 0.468 e. The first-order valence-electron chi connectivity index (χ1n) is 7.74. The summed E-state index contributed by atoms with van der Waals surface area (Å²) in [7, 11) is 1.34. The minimum absolute atomic E-state index is 0.00702. The van der Waals surface area contributed by atoms with Crippen molar-refractivity contribution in [2.75, 3.05) is 13.9 Å². The number of benzene rings is 1. The van der Waals surface area contributed by atoms with Gasteiger partial charge in [-0.1, -0.05) is 17.8 Å². The number of esters is 1. The van der Waals surface area contributed by atoms with E-state index < -0.39 is 5.97 Å². The highest BCUT2D eigenvalue weighted by molar-refractivity contribution is 7.16. The molecular formula is C16H16N2O5S. The molecule has 0 atom stereocenters. The maximum Gasteiger partial charge on any atom is 0.325 e. The van der Waals surface area contributed by atoms with Gasteiger partial charge >= 0.3 is 5.97 Å². The summed E-state index contributed by atoms with van der Waals surface area (Å²) in [4.78, 5) is 28.8. The molecule has 8 heteroatoms. The van der Waals surface area contributed by atoms with Crippen LogP contribution in [-0.4, -0.2) is 30.3 Å². The van der Waals surface area contributed by atoms with Crippen molar-refractivity contribution in [3.8, 4) is 11.5 Å². The van der Waals surface area contributed by atoms with Crippen LogP contribution in [0.2, 0.25) is 0 Å². The van der Waals surface area contributed by atoms with Crippen LogP contribution in [0.5, 0.6) is 11.5 Å². The lowest BCUT2D eigenvalue weighted by Crippen LogP contribution is -2.26. The number of carbonyl (C=O) groups is 2. The summed E-state index contributed by atoms with van der Waals surface area (Å²) in [6.07, 6.45) is 2.85. The van der Waals surface area contributed by atoms with Gasteiger partial charge in [0.25, 0.3) is 5.91 Å². The highest BCUT2D eigenvalue weighted by Gasteiger charge is 2.25. The van der Waals surface area contributed by atoms with Crippen molar-refractivity contribution < 1.29 is 23.8 Å². The van der Waals surface area contributed by atoms with Gasteiger partial charge in [-0.3, -0.25) is 9.59 Å². The third kappa shape index (κ3) is 2.56. The molecule has 1 aromatic heterocycles. The minimum Gasteiger partial charge on any atom is -0.468 e. The molecule has 1 amide bonds. The summed E-state index contributed by atoms with van der Waals surface area (Å²) in [5.74, 6) is 0.774. The number of hydrogen-bond acceptors (Lipinski definition) is 6. The lowest BCUT2D eigenvalue weighted by molar-refractivity contribution is -0.141. The van der Waals surface area contributed by atoms with Crippen LogP contribution in [0, 0.1) is 5.92 Å². The highest BCUT2D eigenvalue weighted by Crippen LogP contribution is 2.37. The number of aromatic nitrogens is 1. The second-order valence-electron chi connectivity index (χ2n) is 5.80. The fourth-order valence-corrected chi connectivity index (χ4v) is 3.78. The van der Waals surface area contributed by atoms with Gasteiger partial charge < -0.3 is 18.8 Å². The van der Waals surface area contributed by atoms with Gasteiger partial charge in [0.1, 0.15) is 6.54 Å². The molecule has 0 N–H and O–H groups in total. The van der Waals surface area contributed by atoms with Gasteiger partial charge in [0.05, 0.1) is 17.3 Å². The van der Waals surface area contributed by atoms with Crippen LogP contribution in [0.4, 0.5) is 0 Å². The fraction of sp³-hybridized carbons (Fsp3) is 0.438. The Morgan fingerprint density at radius 1 is 1.33 bits per heavy atom. The van der Waals surface area contributed by atoms with Crippen molar-refractivity contribution in [2.24, 2.45) is 10.9 Å². The molecule has 1 aliphatic heterocycles. The van der Waals surface area contributed by atoms with Crippen LogP contribution in [-0.2, 0) is 20.9 Å². The maximum absolute atomic E-state index is 12.2. The Kier molecular flexibility index (Phi) is 3.76. The van der Waals surface area contributed by atoms with Gasteiger partial charge in [-0.25, -0.2) is 0 Å². The minimum atomic E-state index is -0.398. The summed E-state index contributed by atoms with van der Waals surface area (Å²) >= 11 is 1.35. The Morgan fingerprint density at radius 2 is 2.08 bits per heavy atom. The Bertz CT molecular complexity index is 894. The molecule has 0 radical (unpaired) electrons. The smallest absolute Gasteiger partial charge is 0.325 e. The van der Waals surface area contributed by atoms with E-state index in [0.717, 1.165) is 29.5 Å². The zero-order valence-electron chi connectivity index (χ0n) is 13.1. The molecule has 0 saturated heterocycles. The van der Waals surface area contributed by atoms with Crippen molar-refractivity contribution in [1.82, 2.24) is 4.57 Å². The van der Waals surface area contributed by atoms with Gasteiger partial charge in [-0.15, -0.1) is 0 Å². The van der Waals surface area contributed by atoms with E-state index in [2.05, 4.69) is 4.99 Å². The van der Waals surface area contributed by atoms with E-state index in [1.165, 1.54) is 18.4 Å². The van der Waals surface area contributed by atoms with Crippen molar-refractivity contribution in [3.63, 3.8) is 0 Å². The van der Waals surface area contributed by atoms with Crippen LogP contribution >= 0.6 is 11.3 Å².